The number of nitrogens with one attached hydrogen (secondary N) is 1. The molecule has 0 radical (unpaired) electrons. The summed E-state index contributed by atoms with van der Waals surface area (Å²) in [5, 5.41) is 4.27. The molecule has 1 N–H and O–H groups in total. The molecule has 1 aliphatic heterocycles. The van der Waals surface area contributed by atoms with E-state index in [0.717, 1.165) is 47.6 Å². The van der Waals surface area contributed by atoms with Gasteiger partial charge in [-0.05, 0) is 22.0 Å². The number of anilines is 1. The number of pyridine rings is 1. The van der Waals surface area contributed by atoms with Gasteiger partial charge in [-0.1, -0.05) is 0 Å². The van der Waals surface area contributed by atoms with Crippen LogP contribution in [0.25, 0.3) is 11.0 Å². The molecule has 3 rings (SSSR count). The van der Waals surface area contributed by atoms with E-state index in [-0.39, 0.29) is 0 Å². The molecule has 0 bridgehead atoms. The Morgan fingerprint density at radius 3 is 2.82 bits per heavy atom. The van der Waals surface area contributed by atoms with Crippen LogP contribution in [-0.4, -0.2) is 41.1 Å². The second-order valence-corrected chi connectivity index (χ2v) is 4.89. The number of hydrogen-bond donors (Lipinski definition) is 1. The third-order valence-corrected chi connectivity index (χ3v) is 3.22. The normalized spacial score (nSPS) is 16.4. The van der Waals surface area contributed by atoms with Crippen LogP contribution in [0.3, 0.4) is 0 Å². The first-order valence-corrected chi connectivity index (χ1v) is 6.36. The molecule has 2 aromatic heterocycles. The van der Waals surface area contributed by atoms with Crippen LogP contribution in [0.5, 0.6) is 0 Å². The summed E-state index contributed by atoms with van der Waals surface area (Å²) >= 11 is 3.39. The maximum atomic E-state index is 4.50. The van der Waals surface area contributed by atoms with Crippen LogP contribution in [-0.2, 0) is 0 Å². The van der Waals surface area contributed by atoms with Crippen molar-refractivity contribution < 1.29 is 0 Å². The Labute approximate surface area is 107 Å². The predicted molar refractivity (Wildman–Crippen MR) is 70.1 cm³/mol. The fourth-order valence-electron chi connectivity index (χ4n) is 1.90. The van der Waals surface area contributed by atoms with E-state index in [4.69, 9.17) is 0 Å². The zero-order chi connectivity index (χ0) is 11.7. The molecule has 0 spiro atoms. The number of nitrogens with zero attached hydrogens (tertiary/aromatic N) is 4. The molecule has 0 aliphatic carbocycles. The first-order chi connectivity index (χ1) is 8.33. The van der Waals surface area contributed by atoms with Gasteiger partial charge in [0.05, 0.1) is 0 Å². The third kappa shape index (κ3) is 2.23. The van der Waals surface area contributed by atoms with Crippen molar-refractivity contribution in [1.29, 1.82) is 0 Å². The molecule has 6 heteroatoms. The average Bonchev–Trinajstić information content (AvgIpc) is 2.39. The molecule has 3 heterocycles. The predicted octanol–water partition coefficient (Wildman–Crippen LogP) is 1.20. The van der Waals surface area contributed by atoms with Crippen LogP contribution in [0.2, 0.25) is 0 Å². The summed E-state index contributed by atoms with van der Waals surface area (Å²) in [7, 11) is 0. The summed E-state index contributed by atoms with van der Waals surface area (Å²) in [5.41, 5.74) is 0.747. The Bertz CT molecular complexity index is 538. The molecule has 17 heavy (non-hydrogen) atoms. The molecule has 1 fully saturated rings. The largest absolute Gasteiger partial charge is 0.338 e. The van der Waals surface area contributed by atoms with Crippen molar-refractivity contribution in [2.75, 3.05) is 31.1 Å². The lowest BCUT2D eigenvalue weighted by Crippen LogP contribution is -2.44. The van der Waals surface area contributed by atoms with Gasteiger partial charge in [-0.2, -0.15) is 4.98 Å². The highest BCUT2D eigenvalue weighted by atomic mass is 79.9. The Balaban J connectivity index is 1.98. The Morgan fingerprint density at radius 2 is 2.00 bits per heavy atom. The van der Waals surface area contributed by atoms with Crippen LogP contribution in [0.15, 0.2) is 22.9 Å². The Morgan fingerprint density at radius 1 is 1.18 bits per heavy atom. The molecule has 0 amide bonds. The van der Waals surface area contributed by atoms with Crippen molar-refractivity contribution in [3.8, 4) is 0 Å². The number of aromatic nitrogens is 3. The van der Waals surface area contributed by atoms with Crippen molar-refractivity contribution in [2.24, 2.45) is 0 Å². The van der Waals surface area contributed by atoms with Gasteiger partial charge in [0.2, 0.25) is 5.95 Å². The van der Waals surface area contributed by atoms with E-state index >= 15 is 0 Å². The summed E-state index contributed by atoms with van der Waals surface area (Å²) in [6, 6.07) is 1.98. The van der Waals surface area contributed by atoms with Crippen LogP contribution in [0.4, 0.5) is 5.95 Å². The van der Waals surface area contributed by atoms with Gasteiger partial charge in [0.25, 0.3) is 0 Å². The number of piperazine rings is 1. The molecule has 2 aromatic rings. The van der Waals surface area contributed by atoms with Gasteiger partial charge in [-0.3, -0.25) is 0 Å². The van der Waals surface area contributed by atoms with E-state index < -0.39 is 0 Å². The minimum atomic E-state index is 0.747. The van der Waals surface area contributed by atoms with Crippen molar-refractivity contribution in [3.63, 3.8) is 0 Å². The van der Waals surface area contributed by atoms with Gasteiger partial charge in [-0.25, -0.2) is 9.97 Å². The van der Waals surface area contributed by atoms with Crippen LogP contribution in [0.1, 0.15) is 0 Å². The molecule has 0 aromatic carbocycles. The van der Waals surface area contributed by atoms with Gasteiger partial charge >= 0.3 is 0 Å². The monoisotopic (exact) mass is 293 g/mol. The fourth-order valence-corrected chi connectivity index (χ4v) is 2.25. The number of fused-ring (bicyclic) bond motifs is 1. The molecule has 88 valence electrons. The quantitative estimate of drug-likeness (QED) is 0.856. The van der Waals surface area contributed by atoms with Crippen LogP contribution >= 0.6 is 15.9 Å². The molecule has 1 aliphatic rings. The molecule has 1 saturated heterocycles. The third-order valence-electron chi connectivity index (χ3n) is 2.79. The number of halogens is 1. The summed E-state index contributed by atoms with van der Waals surface area (Å²) in [5.74, 6) is 0.772. The van der Waals surface area contributed by atoms with E-state index in [0.29, 0.717) is 0 Å². The SMILES string of the molecule is Brc1cnc2nc(N3CCNCC3)ncc2c1. The first-order valence-electron chi connectivity index (χ1n) is 5.57. The molecule has 0 saturated carbocycles. The van der Waals surface area contributed by atoms with E-state index in [1.807, 2.05) is 12.3 Å². The standard InChI is InChI=1S/C11H12BrN5/c12-9-5-8-6-15-11(16-10(8)14-7-9)17-3-1-13-2-4-17/h5-7,13H,1-4H2. The van der Waals surface area contributed by atoms with Crippen molar-refractivity contribution in [2.45, 2.75) is 0 Å². The van der Waals surface area contributed by atoms with Crippen molar-refractivity contribution in [3.05, 3.63) is 22.9 Å². The lowest BCUT2D eigenvalue weighted by molar-refractivity contribution is 0.580. The van der Waals surface area contributed by atoms with E-state index in [9.17, 15) is 0 Å². The minimum Gasteiger partial charge on any atom is -0.338 e. The molecular weight excluding hydrogens is 282 g/mol. The fraction of sp³-hybridized carbons (Fsp3) is 0.364. The second-order valence-electron chi connectivity index (χ2n) is 3.97. The summed E-state index contributed by atoms with van der Waals surface area (Å²) < 4.78 is 0.948. The van der Waals surface area contributed by atoms with Gasteiger partial charge in [0.15, 0.2) is 5.65 Å². The number of hydrogen-bond acceptors (Lipinski definition) is 5. The maximum Gasteiger partial charge on any atom is 0.227 e. The zero-order valence-electron chi connectivity index (χ0n) is 9.23. The second kappa shape index (κ2) is 4.54. The maximum absolute atomic E-state index is 4.50. The van der Waals surface area contributed by atoms with Gasteiger partial charge in [0, 0.05) is 48.4 Å². The van der Waals surface area contributed by atoms with Crippen molar-refractivity contribution >= 4 is 32.9 Å². The topological polar surface area (TPSA) is 53.9 Å². The Kier molecular flexibility index (Phi) is 2.90. The minimum absolute atomic E-state index is 0.747. The van der Waals surface area contributed by atoms with Crippen LogP contribution in [0, 0.1) is 0 Å². The zero-order valence-corrected chi connectivity index (χ0v) is 10.8. The highest BCUT2D eigenvalue weighted by molar-refractivity contribution is 9.10. The highest BCUT2D eigenvalue weighted by Crippen LogP contribution is 2.17. The van der Waals surface area contributed by atoms with E-state index in [1.165, 1.54) is 0 Å². The number of rotatable bonds is 1. The lowest BCUT2D eigenvalue weighted by Gasteiger charge is -2.27. The van der Waals surface area contributed by atoms with Crippen LogP contribution < -0.4 is 10.2 Å². The molecule has 0 unspecified atom stereocenters. The van der Waals surface area contributed by atoms with Gasteiger partial charge in [0.1, 0.15) is 0 Å². The van der Waals surface area contributed by atoms with Gasteiger partial charge in [-0.15, -0.1) is 0 Å². The molecule has 0 atom stereocenters. The van der Waals surface area contributed by atoms with Gasteiger partial charge < -0.3 is 10.2 Å². The van der Waals surface area contributed by atoms with E-state index in [1.54, 1.807) is 6.20 Å². The van der Waals surface area contributed by atoms with Crippen molar-refractivity contribution in [1.82, 2.24) is 20.3 Å². The summed E-state index contributed by atoms with van der Waals surface area (Å²) in [4.78, 5) is 15.4. The summed E-state index contributed by atoms with van der Waals surface area (Å²) in [6.07, 6.45) is 3.59. The molecular formula is C11H12BrN5. The first kappa shape index (κ1) is 10.9. The average molecular weight is 294 g/mol. The Hall–Kier alpha value is -1.27. The smallest absolute Gasteiger partial charge is 0.227 e. The van der Waals surface area contributed by atoms with E-state index in [2.05, 4.69) is 41.1 Å². The highest BCUT2D eigenvalue weighted by Gasteiger charge is 2.13. The molecule has 5 nitrogen and oxygen atoms in total. The summed E-state index contributed by atoms with van der Waals surface area (Å²) in [6.45, 7) is 3.86. The lowest BCUT2D eigenvalue weighted by atomic mass is 10.3.